The predicted molar refractivity (Wildman–Crippen MR) is 136 cm³/mol. The van der Waals surface area contributed by atoms with Crippen molar-refractivity contribution in [1.82, 2.24) is 5.32 Å². The molecule has 4 aromatic carbocycles. The Labute approximate surface area is 208 Å². The first-order chi connectivity index (χ1) is 19.6. The molecule has 0 radical (unpaired) electrons. The number of fused-ring (bicyclic) bond motifs is 2. The Morgan fingerprint density at radius 1 is 0.848 bits per heavy atom. The Kier molecular flexibility index (Phi) is 5.24. The molecule has 4 aromatic rings. The van der Waals surface area contributed by atoms with Crippen LogP contribution in [-0.4, -0.2) is 33.1 Å². The van der Waals surface area contributed by atoms with E-state index < -0.39 is 26.8 Å². The van der Waals surface area contributed by atoms with Gasteiger partial charge in [-0.25, -0.2) is 0 Å². The largest absolute Gasteiger partial charge is 0.497 e. The number of nitrogens with one attached hydrogen (secondary N) is 1. The summed E-state index contributed by atoms with van der Waals surface area (Å²) < 4.78 is 73.6. The number of amides is 1. The van der Waals surface area contributed by atoms with E-state index in [4.69, 9.17) is 27.5 Å². The smallest absolute Gasteiger partial charge is 0.216 e. The SMILES string of the molecule is [2H]C([2H])([2H])Oc1ccc2cccc(CCN)c2c1.[2H]C([2H])([2H])Oc1ccc2cccc(CCNC(=O)C([2H])([2H])[2H])c2c1. The molecule has 5 heteroatoms. The lowest BCUT2D eigenvalue weighted by molar-refractivity contribution is -0.118. The van der Waals surface area contributed by atoms with Crippen LogP contribution in [0.2, 0.25) is 0 Å². The van der Waals surface area contributed by atoms with Crippen molar-refractivity contribution in [3.63, 3.8) is 0 Å². The van der Waals surface area contributed by atoms with E-state index in [1.807, 2.05) is 42.5 Å². The summed E-state index contributed by atoms with van der Waals surface area (Å²) in [6.45, 7) is -1.94. The zero-order valence-corrected chi connectivity index (χ0v) is 18.1. The van der Waals surface area contributed by atoms with Crippen LogP contribution >= 0.6 is 0 Å². The Morgan fingerprint density at radius 3 is 1.94 bits per heavy atom. The predicted octanol–water partition coefficient (Wildman–Crippen LogP) is 4.88. The highest BCUT2D eigenvalue weighted by Gasteiger charge is 2.03. The first-order valence-electron chi connectivity index (χ1n) is 15.0. The van der Waals surface area contributed by atoms with Gasteiger partial charge in [0.2, 0.25) is 5.91 Å². The summed E-state index contributed by atoms with van der Waals surface area (Å²) in [5, 5.41) is 6.10. The van der Waals surface area contributed by atoms with Crippen molar-refractivity contribution in [2.24, 2.45) is 5.73 Å². The summed E-state index contributed by atoms with van der Waals surface area (Å²) in [5.41, 5.74) is 7.53. The van der Waals surface area contributed by atoms with Crippen LogP contribution in [0, 0.1) is 0 Å². The summed E-state index contributed by atoms with van der Waals surface area (Å²) in [6, 6.07) is 21.7. The maximum absolute atomic E-state index is 11.4. The van der Waals surface area contributed by atoms with Crippen molar-refractivity contribution < 1.29 is 26.6 Å². The van der Waals surface area contributed by atoms with Crippen LogP contribution in [0.1, 0.15) is 30.3 Å². The second kappa shape index (κ2) is 11.9. The van der Waals surface area contributed by atoms with Gasteiger partial charge in [0.25, 0.3) is 0 Å². The van der Waals surface area contributed by atoms with E-state index in [-0.39, 0.29) is 12.3 Å². The highest BCUT2D eigenvalue weighted by Crippen LogP contribution is 2.25. The summed E-state index contributed by atoms with van der Waals surface area (Å²) in [7, 11) is -4.95. The molecule has 0 aliphatic heterocycles. The average Bonchev–Trinajstić information content (AvgIpc) is 2.87. The van der Waals surface area contributed by atoms with Crippen LogP contribution in [0.4, 0.5) is 0 Å². The number of methoxy groups -OCH3 is 2. The molecule has 0 aliphatic rings. The van der Waals surface area contributed by atoms with E-state index in [1.54, 1.807) is 30.3 Å². The van der Waals surface area contributed by atoms with Gasteiger partial charge in [-0.05, 0) is 76.3 Å². The van der Waals surface area contributed by atoms with Gasteiger partial charge >= 0.3 is 0 Å². The van der Waals surface area contributed by atoms with Crippen molar-refractivity contribution >= 4 is 27.5 Å². The zero-order chi connectivity index (χ0) is 31.1. The molecule has 172 valence electrons. The molecular formula is C28H32N2O3. The topological polar surface area (TPSA) is 73.6 Å². The van der Waals surface area contributed by atoms with Crippen LogP contribution in [-0.2, 0) is 17.6 Å². The Hall–Kier alpha value is -3.57. The monoisotopic (exact) mass is 453 g/mol. The molecule has 0 aliphatic carbocycles. The third-order valence-corrected chi connectivity index (χ3v) is 5.22. The third kappa shape index (κ3) is 6.46. The molecule has 0 bridgehead atoms. The highest BCUT2D eigenvalue weighted by atomic mass is 16.5. The van der Waals surface area contributed by atoms with Crippen LogP contribution in [0.5, 0.6) is 11.5 Å². The molecule has 0 fully saturated rings. The van der Waals surface area contributed by atoms with Crippen molar-refractivity contribution in [2.75, 3.05) is 27.2 Å². The van der Waals surface area contributed by atoms with Gasteiger partial charge in [0.1, 0.15) is 11.5 Å². The second-order valence-electron chi connectivity index (χ2n) is 7.35. The summed E-state index contributed by atoms with van der Waals surface area (Å²) in [5.74, 6) is -0.414. The lowest BCUT2D eigenvalue weighted by atomic mass is 10.0. The van der Waals surface area contributed by atoms with Gasteiger partial charge < -0.3 is 20.5 Å². The van der Waals surface area contributed by atoms with Crippen LogP contribution < -0.4 is 20.5 Å². The average molecular weight is 454 g/mol. The minimum Gasteiger partial charge on any atom is -0.497 e. The van der Waals surface area contributed by atoms with E-state index in [0.717, 1.165) is 39.1 Å². The van der Waals surface area contributed by atoms with Crippen LogP contribution in [0.3, 0.4) is 0 Å². The maximum Gasteiger partial charge on any atom is 0.216 e. The fourth-order valence-corrected chi connectivity index (χ4v) is 3.66. The van der Waals surface area contributed by atoms with Crippen molar-refractivity contribution in [3.8, 4) is 11.5 Å². The normalized spacial score (nSPS) is 15.6. The molecule has 33 heavy (non-hydrogen) atoms. The maximum atomic E-state index is 11.4. The number of hydrogen-bond donors (Lipinski definition) is 2. The van der Waals surface area contributed by atoms with Gasteiger partial charge in [0.15, 0.2) is 0 Å². The number of benzene rings is 4. The number of ether oxygens (including phenoxy) is 2. The number of nitrogens with two attached hydrogens (primary N) is 1. The standard InChI is InChI=1S/C15H17NO2.C13H15NO/c1-11(17)16-9-8-13-5-3-4-12-6-7-14(18-2)10-15(12)13;1-15-12-6-5-10-3-2-4-11(7-8-14)13(10)9-12/h3-7,10H,8-9H2,1-2H3,(H,16,17);2-6,9H,7-8,14H2,1H3/i1D3,2D3;1D3. The van der Waals surface area contributed by atoms with E-state index in [9.17, 15) is 4.79 Å². The third-order valence-electron chi connectivity index (χ3n) is 5.22. The van der Waals surface area contributed by atoms with Gasteiger partial charge in [-0.1, -0.05) is 48.5 Å². The van der Waals surface area contributed by atoms with Crippen LogP contribution in [0.15, 0.2) is 72.8 Å². The molecule has 0 spiro atoms. The minimum absolute atomic E-state index is 0.167. The number of carbonyl (C=O) groups is 1. The lowest BCUT2D eigenvalue weighted by Gasteiger charge is -2.08. The number of rotatable bonds is 7. The fraction of sp³-hybridized carbons (Fsp3) is 0.250. The van der Waals surface area contributed by atoms with Gasteiger partial charge in [0, 0.05) is 17.5 Å². The quantitative estimate of drug-likeness (QED) is 0.418. The van der Waals surface area contributed by atoms with Crippen LogP contribution in [0.25, 0.3) is 21.5 Å². The van der Waals surface area contributed by atoms with E-state index in [1.165, 1.54) is 0 Å². The van der Waals surface area contributed by atoms with E-state index in [0.29, 0.717) is 18.7 Å². The molecule has 0 unspecified atom stereocenters. The van der Waals surface area contributed by atoms with Gasteiger partial charge in [-0.3, -0.25) is 4.79 Å². The highest BCUT2D eigenvalue weighted by molar-refractivity contribution is 5.88. The van der Waals surface area contributed by atoms with Crippen molar-refractivity contribution in [1.29, 1.82) is 0 Å². The molecule has 5 nitrogen and oxygen atoms in total. The Bertz CT molecular complexity index is 1520. The Balaban J connectivity index is 0.000000240. The fourth-order valence-electron chi connectivity index (χ4n) is 3.66. The molecule has 3 N–H and O–H groups in total. The molecule has 4 rings (SSSR count). The van der Waals surface area contributed by atoms with E-state index in [2.05, 4.69) is 5.32 Å². The number of hydrogen-bond acceptors (Lipinski definition) is 4. The summed E-state index contributed by atoms with van der Waals surface area (Å²) in [6.07, 6.45) is 1.17. The lowest BCUT2D eigenvalue weighted by Crippen LogP contribution is -2.22. The van der Waals surface area contributed by atoms with E-state index >= 15 is 0 Å². The number of carbonyl (C=O) groups excluding carboxylic acids is 1. The summed E-state index contributed by atoms with van der Waals surface area (Å²) in [4.78, 5) is 11.4. The molecule has 0 saturated carbocycles. The first-order valence-corrected chi connectivity index (χ1v) is 10.5. The van der Waals surface area contributed by atoms with Gasteiger partial charge in [-0.2, -0.15) is 0 Å². The molecule has 0 saturated heterocycles. The van der Waals surface area contributed by atoms with Gasteiger partial charge in [0.05, 0.1) is 22.3 Å². The molecule has 0 atom stereocenters. The van der Waals surface area contributed by atoms with Crippen molar-refractivity contribution in [3.05, 3.63) is 83.9 Å². The second-order valence-corrected chi connectivity index (χ2v) is 7.35. The minimum atomic E-state index is -2.67. The molecule has 0 heterocycles. The zero-order valence-electron chi connectivity index (χ0n) is 27.1. The summed E-state index contributed by atoms with van der Waals surface area (Å²) >= 11 is 0. The van der Waals surface area contributed by atoms with Gasteiger partial charge in [-0.15, -0.1) is 0 Å². The first kappa shape index (κ1) is 14.6. The Morgan fingerprint density at radius 2 is 1.42 bits per heavy atom. The van der Waals surface area contributed by atoms with Crippen molar-refractivity contribution in [2.45, 2.75) is 19.7 Å². The molecular weight excluding hydrogens is 412 g/mol. The molecule has 1 amide bonds. The molecule has 0 aromatic heterocycles.